The van der Waals surface area contributed by atoms with Crippen molar-refractivity contribution in [3.63, 3.8) is 0 Å². The van der Waals surface area contributed by atoms with E-state index in [9.17, 15) is 0 Å². The third-order valence-corrected chi connectivity index (χ3v) is 5.28. The van der Waals surface area contributed by atoms with Gasteiger partial charge < -0.3 is 4.98 Å². The molecule has 0 spiro atoms. The van der Waals surface area contributed by atoms with Crippen molar-refractivity contribution < 1.29 is 0 Å². The highest BCUT2D eigenvalue weighted by molar-refractivity contribution is 6.09. The fourth-order valence-electron chi connectivity index (χ4n) is 4.22. The highest BCUT2D eigenvalue weighted by atomic mass is 14.7. The smallest absolute Gasteiger partial charge is 0.0512 e. The van der Waals surface area contributed by atoms with E-state index < -0.39 is 0 Å². The average molecular weight is 321 g/mol. The lowest BCUT2D eigenvalue weighted by Crippen LogP contribution is -1.94. The molecule has 0 radical (unpaired) electrons. The van der Waals surface area contributed by atoms with E-state index in [4.69, 9.17) is 0 Å². The van der Waals surface area contributed by atoms with Crippen LogP contribution >= 0.6 is 0 Å². The molecule has 0 fully saturated rings. The Morgan fingerprint density at radius 3 is 2.00 bits per heavy atom. The van der Waals surface area contributed by atoms with E-state index >= 15 is 0 Å². The number of H-pyrrole nitrogens is 1. The maximum atomic E-state index is 3.70. The molecule has 0 aliphatic heterocycles. The van der Waals surface area contributed by atoms with Gasteiger partial charge in [0.2, 0.25) is 0 Å². The SMILES string of the molecule is CC1C(c2ccccc2)=C(c2ccccc2)c2[nH]c3ccccc3c21. The molecule has 0 saturated carbocycles. The van der Waals surface area contributed by atoms with Crippen molar-refractivity contribution in [2.75, 3.05) is 0 Å². The summed E-state index contributed by atoms with van der Waals surface area (Å²) >= 11 is 0. The van der Waals surface area contributed by atoms with Crippen LogP contribution in [0.2, 0.25) is 0 Å². The number of para-hydroxylation sites is 1. The summed E-state index contributed by atoms with van der Waals surface area (Å²) in [5, 5.41) is 1.34. The average Bonchev–Trinajstić information content (AvgIpc) is 3.18. The summed E-state index contributed by atoms with van der Waals surface area (Å²) in [6.07, 6.45) is 0. The maximum Gasteiger partial charge on any atom is 0.0512 e. The van der Waals surface area contributed by atoms with Crippen LogP contribution in [0.3, 0.4) is 0 Å². The van der Waals surface area contributed by atoms with Crippen LogP contribution in [0.5, 0.6) is 0 Å². The van der Waals surface area contributed by atoms with Gasteiger partial charge in [-0.3, -0.25) is 0 Å². The first-order valence-electron chi connectivity index (χ1n) is 8.80. The fraction of sp³-hybridized carbons (Fsp3) is 0.0833. The van der Waals surface area contributed by atoms with Gasteiger partial charge in [0.25, 0.3) is 0 Å². The van der Waals surface area contributed by atoms with Gasteiger partial charge in [-0.1, -0.05) is 85.8 Å². The molecule has 1 heteroatoms. The lowest BCUT2D eigenvalue weighted by atomic mass is 9.90. The van der Waals surface area contributed by atoms with Crippen molar-refractivity contribution in [1.29, 1.82) is 0 Å². The highest BCUT2D eigenvalue weighted by Crippen LogP contribution is 2.51. The number of rotatable bonds is 2. The standard InChI is InChI=1S/C24H19N/c1-16-21(17-10-4-2-5-11-17)23(18-12-6-3-7-13-18)24-22(16)19-14-8-9-15-20(19)25-24/h2-16,25H,1H3. The van der Waals surface area contributed by atoms with Crippen LogP contribution in [-0.2, 0) is 0 Å². The maximum absolute atomic E-state index is 3.70. The predicted molar refractivity (Wildman–Crippen MR) is 106 cm³/mol. The number of hydrogen-bond acceptors (Lipinski definition) is 0. The summed E-state index contributed by atoms with van der Waals surface area (Å²) < 4.78 is 0. The molecule has 120 valence electrons. The van der Waals surface area contributed by atoms with E-state index in [0.717, 1.165) is 0 Å². The second-order valence-electron chi connectivity index (χ2n) is 6.70. The number of aromatic amines is 1. The Morgan fingerprint density at radius 1 is 0.680 bits per heavy atom. The molecule has 3 aromatic carbocycles. The second kappa shape index (κ2) is 5.49. The van der Waals surface area contributed by atoms with Crippen molar-refractivity contribution in [3.8, 4) is 0 Å². The minimum atomic E-state index is 0.365. The molecule has 1 nitrogen and oxygen atoms in total. The van der Waals surface area contributed by atoms with Crippen LogP contribution in [0, 0.1) is 0 Å². The molecule has 1 aliphatic carbocycles. The van der Waals surface area contributed by atoms with Crippen LogP contribution in [0.25, 0.3) is 22.0 Å². The number of aromatic nitrogens is 1. The Hall–Kier alpha value is -3.06. The van der Waals surface area contributed by atoms with Crippen LogP contribution in [0.15, 0.2) is 84.9 Å². The van der Waals surface area contributed by atoms with Crippen molar-refractivity contribution in [2.45, 2.75) is 12.8 Å². The molecule has 1 atom stereocenters. The van der Waals surface area contributed by atoms with Gasteiger partial charge in [0, 0.05) is 22.4 Å². The van der Waals surface area contributed by atoms with E-state index in [0.29, 0.717) is 5.92 Å². The molecule has 1 aromatic heterocycles. The molecule has 0 bridgehead atoms. The Morgan fingerprint density at radius 2 is 1.28 bits per heavy atom. The van der Waals surface area contributed by atoms with Gasteiger partial charge >= 0.3 is 0 Å². The Kier molecular flexibility index (Phi) is 3.14. The van der Waals surface area contributed by atoms with Gasteiger partial charge in [-0.2, -0.15) is 0 Å². The van der Waals surface area contributed by atoms with Gasteiger partial charge in [-0.15, -0.1) is 0 Å². The van der Waals surface area contributed by atoms with E-state index in [-0.39, 0.29) is 0 Å². The molecular weight excluding hydrogens is 302 g/mol. The molecule has 0 amide bonds. The van der Waals surface area contributed by atoms with Gasteiger partial charge in [-0.05, 0) is 28.3 Å². The topological polar surface area (TPSA) is 15.8 Å². The molecule has 1 unspecified atom stereocenters. The number of benzene rings is 3. The third kappa shape index (κ3) is 2.09. The first-order chi connectivity index (χ1) is 12.3. The Labute approximate surface area is 147 Å². The van der Waals surface area contributed by atoms with E-state index in [1.807, 2.05) is 0 Å². The largest absolute Gasteiger partial charge is 0.354 e. The van der Waals surface area contributed by atoms with Crippen LogP contribution in [0.1, 0.15) is 35.2 Å². The molecule has 1 N–H and O–H groups in total. The summed E-state index contributed by atoms with van der Waals surface area (Å²) in [6.45, 7) is 2.33. The Bertz CT molecular complexity index is 1080. The van der Waals surface area contributed by atoms with E-state index in [1.54, 1.807) is 0 Å². The summed E-state index contributed by atoms with van der Waals surface area (Å²) in [6, 6.07) is 30.2. The summed E-state index contributed by atoms with van der Waals surface area (Å²) in [7, 11) is 0. The first-order valence-corrected chi connectivity index (χ1v) is 8.80. The normalized spacial score (nSPS) is 16.4. The molecule has 1 heterocycles. The zero-order valence-electron chi connectivity index (χ0n) is 14.2. The number of hydrogen-bond donors (Lipinski definition) is 1. The predicted octanol–water partition coefficient (Wildman–Crippen LogP) is 6.24. The molecule has 0 saturated heterocycles. The summed E-state index contributed by atoms with van der Waals surface area (Å²) in [4.78, 5) is 3.70. The molecule has 1 aliphatic rings. The zero-order valence-corrected chi connectivity index (χ0v) is 14.2. The van der Waals surface area contributed by atoms with Crippen molar-refractivity contribution in [2.24, 2.45) is 0 Å². The van der Waals surface area contributed by atoms with Gasteiger partial charge in [-0.25, -0.2) is 0 Å². The third-order valence-electron chi connectivity index (χ3n) is 5.28. The lowest BCUT2D eigenvalue weighted by molar-refractivity contribution is 1.02. The molecule has 5 rings (SSSR count). The molecule has 4 aromatic rings. The lowest BCUT2D eigenvalue weighted by Gasteiger charge is -2.14. The van der Waals surface area contributed by atoms with Crippen LogP contribution < -0.4 is 0 Å². The first kappa shape index (κ1) is 14.3. The van der Waals surface area contributed by atoms with Crippen LogP contribution in [-0.4, -0.2) is 4.98 Å². The van der Waals surface area contributed by atoms with Gasteiger partial charge in [0.15, 0.2) is 0 Å². The second-order valence-corrected chi connectivity index (χ2v) is 6.70. The highest BCUT2D eigenvalue weighted by Gasteiger charge is 2.33. The summed E-state index contributed by atoms with van der Waals surface area (Å²) in [5.41, 5.74) is 9.26. The van der Waals surface area contributed by atoms with Crippen molar-refractivity contribution in [3.05, 3.63) is 107 Å². The zero-order chi connectivity index (χ0) is 16.8. The fourth-order valence-corrected chi connectivity index (χ4v) is 4.22. The van der Waals surface area contributed by atoms with Crippen molar-refractivity contribution in [1.82, 2.24) is 4.98 Å². The molecular formula is C24H19N. The minimum Gasteiger partial charge on any atom is -0.354 e. The van der Waals surface area contributed by atoms with E-state index in [2.05, 4.69) is 96.8 Å². The molecule has 25 heavy (non-hydrogen) atoms. The monoisotopic (exact) mass is 321 g/mol. The summed E-state index contributed by atoms with van der Waals surface area (Å²) in [5.74, 6) is 0.365. The van der Waals surface area contributed by atoms with E-state index in [1.165, 1.54) is 44.4 Å². The van der Waals surface area contributed by atoms with Crippen molar-refractivity contribution >= 4 is 22.0 Å². The quantitative estimate of drug-likeness (QED) is 0.449. The Balaban J connectivity index is 1.86. The number of nitrogens with one attached hydrogen (secondary N) is 1. The minimum absolute atomic E-state index is 0.365. The van der Waals surface area contributed by atoms with Crippen LogP contribution in [0.4, 0.5) is 0 Å². The van der Waals surface area contributed by atoms with Gasteiger partial charge in [0.05, 0.1) is 5.69 Å². The van der Waals surface area contributed by atoms with Gasteiger partial charge in [0.1, 0.15) is 0 Å². The number of fused-ring (bicyclic) bond motifs is 3. The number of allylic oxidation sites excluding steroid dienone is 1.